The maximum absolute atomic E-state index is 5.31. The maximum atomic E-state index is 5.31. The van der Waals surface area contributed by atoms with Crippen molar-refractivity contribution in [2.45, 2.75) is 26.3 Å². The Balaban J connectivity index is 1.93. The average Bonchev–Trinajstić information content (AvgIpc) is 2.83. The minimum absolute atomic E-state index is 0.352. The molecule has 1 aliphatic rings. The summed E-state index contributed by atoms with van der Waals surface area (Å²) in [6, 6.07) is 13.2. The van der Waals surface area contributed by atoms with Gasteiger partial charge in [0.25, 0.3) is 0 Å². The van der Waals surface area contributed by atoms with Crippen molar-refractivity contribution in [2.75, 3.05) is 12.4 Å². The lowest BCUT2D eigenvalue weighted by atomic mass is 10.0. The molecule has 2 heteroatoms. The van der Waals surface area contributed by atoms with E-state index in [0.717, 1.165) is 12.2 Å². The third-order valence-corrected chi connectivity index (χ3v) is 3.80. The third kappa shape index (κ3) is 2.19. The predicted octanol–water partition coefficient (Wildman–Crippen LogP) is 4.02. The molecule has 1 aliphatic heterocycles. The van der Waals surface area contributed by atoms with Gasteiger partial charge in [0.2, 0.25) is 0 Å². The summed E-state index contributed by atoms with van der Waals surface area (Å²) in [6.07, 6.45) is 1.05. The molecule has 0 radical (unpaired) electrons. The fraction of sp³-hybridized carbons (Fsp3) is 0.294. The van der Waals surface area contributed by atoms with Crippen LogP contribution in [0.25, 0.3) is 0 Å². The number of benzene rings is 2. The Bertz CT molecular complexity index is 619. The monoisotopic (exact) mass is 253 g/mol. The van der Waals surface area contributed by atoms with Gasteiger partial charge in [-0.25, -0.2) is 0 Å². The van der Waals surface area contributed by atoms with Crippen molar-refractivity contribution in [3.05, 3.63) is 58.7 Å². The summed E-state index contributed by atoms with van der Waals surface area (Å²) in [5, 5.41) is 3.64. The second-order valence-electron chi connectivity index (χ2n) is 5.29. The van der Waals surface area contributed by atoms with E-state index in [1.807, 2.05) is 6.07 Å². The highest BCUT2D eigenvalue weighted by Crippen LogP contribution is 2.37. The summed E-state index contributed by atoms with van der Waals surface area (Å²) < 4.78 is 5.31. The quantitative estimate of drug-likeness (QED) is 0.872. The van der Waals surface area contributed by atoms with E-state index in [4.69, 9.17) is 4.74 Å². The first-order chi connectivity index (χ1) is 9.17. The Hall–Kier alpha value is -1.96. The third-order valence-electron chi connectivity index (χ3n) is 3.80. The highest BCUT2D eigenvalue weighted by Gasteiger charge is 2.23. The highest BCUT2D eigenvalue weighted by molar-refractivity contribution is 5.64. The molecule has 0 amide bonds. The van der Waals surface area contributed by atoms with Gasteiger partial charge in [0.1, 0.15) is 5.75 Å². The molecule has 2 aromatic rings. The Morgan fingerprint density at radius 1 is 1.16 bits per heavy atom. The number of nitrogens with one attached hydrogen (secondary N) is 1. The van der Waals surface area contributed by atoms with Gasteiger partial charge in [-0.3, -0.25) is 0 Å². The van der Waals surface area contributed by atoms with Crippen molar-refractivity contribution < 1.29 is 4.74 Å². The van der Waals surface area contributed by atoms with E-state index in [1.165, 1.54) is 27.9 Å². The lowest BCUT2D eigenvalue weighted by Gasteiger charge is -2.13. The summed E-state index contributed by atoms with van der Waals surface area (Å²) >= 11 is 0. The predicted molar refractivity (Wildman–Crippen MR) is 79.0 cm³/mol. The van der Waals surface area contributed by atoms with Gasteiger partial charge in [-0.15, -0.1) is 0 Å². The number of aryl methyl sites for hydroxylation is 2. The topological polar surface area (TPSA) is 21.3 Å². The van der Waals surface area contributed by atoms with Gasteiger partial charge >= 0.3 is 0 Å². The van der Waals surface area contributed by atoms with Crippen LogP contribution in [-0.4, -0.2) is 7.11 Å². The first-order valence-electron chi connectivity index (χ1n) is 6.68. The molecular weight excluding hydrogens is 234 g/mol. The van der Waals surface area contributed by atoms with E-state index in [9.17, 15) is 0 Å². The summed E-state index contributed by atoms with van der Waals surface area (Å²) in [4.78, 5) is 0. The molecule has 0 spiro atoms. The zero-order valence-electron chi connectivity index (χ0n) is 11.7. The van der Waals surface area contributed by atoms with E-state index >= 15 is 0 Å². The van der Waals surface area contributed by atoms with E-state index in [0.29, 0.717) is 6.04 Å². The van der Waals surface area contributed by atoms with Crippen LogP contribution in [0.5, 0.6) is 5.75 Å². The van der Waals surface area contributed by atoms with Gasteiger partial charge < -0.3 is 10.1 Å². The molecule has 0 saturated carbocycles. The van der Waals surface area contributed by atoms with Gasteiger partial charge in [-0.1, -0.05) is 29.8 Å². The number of ether oxygens (including phenoxy) is 1. The summed E-state index contributed by atoms with van der Waals surface area (Å²) in [5.74, 6) is 0.920. The van der Waals surface area contributed by atoms with Gasteiger partial charge in [0.05, 0.1) is 13.2 Å². The molecular formula is C17H19NO. The molecule has 1 atom stereocenters. The van der Waals surface area contributed by atoms with Crippen LogP contribution in [0.1, 0.15) is 28.3 Å². The molecule has 2 aromatic carbocycles. The normalized spacial score (nSPS) is 16.9. The molecule has 1 heterocycles. The number of hydrogen-bond acceptors (Lipinski definition) is 2. The van der Waals surface area contributed by atoms with Crippen molar-refractivity contribution in [3.63, 3.8) is 0 Å². The summed E-state index contributed by atoms with van der Waals surface area (Å²) in [5.41, 5.74) is 6.68. The maximum Gasteiger partial charge on any atom is 0.119 e. The zero-order chi connectivity index (χ0) is 13.4. The summed E-state index contributed by atoms with van der Waals surface area (Å²) in [6.45, 7) is 4.33. The van der Waals surface area contributed by atoms with E-state index in [2.05, 4.69) is 49.5 Å². The molecule has 1 N–H and O–H groups in total. The smallest absolute Gasteiger partial charge is 0.119 e. The second-order valence-corrected chi connectivity index (χ2v) is 5.29. The molecule has 98 valence electrons. The minimum Gasteiger partial charge on any atom is -0.497 e. The van der Waals surface area contributed by atoms with Crippen LogP contribution in [0, 0.1) is 13.8 Å². The number of anilines is 1. The molecule has 0 aromatic heterocycles. The van der Waals surface area contributed by atoms with Crippen molar-refractivity contribution in [3.8, 4) is 5.75 Å². The first-order valence-corrected chi connectivity index (χ1v) is 6.68. The second kappa shape index (κ2) is 4.61. The van der Waals surface area contributed by atoms with Crippen LogP contribution in [0.2, 0.25) is 0 Å². The van der Waals surface area contributed by atoms with E-state index in [-0.39, 0.29) is 0 Å². The average molecular weight is 253 g/mol. The van der Waals surface area contributed by atoms with E-state index in [1.54, 1.807) is 7.11 Å². The highest BCUT2D eigenvalue weighted by atomic mass is 16.5. The lowest BCUT2D eigenvalue weighted by Crippen LogP contribution is -2.06. The van der Waals surface area contributed by atoms with Crippen LogP contribution in [0.15, 0.2) is 36.4 Å². The molecule has 0 saturated heterocycles. The molecule has 1 unspecified atom stereocenters. The number of hydrogen-bond donors (Lipinski definition) is 1. The van der Waals surface area contributed by atoms with Gasteiger partial charge in [0, 0.05) is 5.69 Å². The van der Waals surface area contributed by atoms with Crippen LogP contribution in [0.3, 0.4) is 0 Å². The van der Waals surface area contributed by atoms with Gasteiger partial charge in [-0.2, -0.15) is 0 Å². The van der Waals surface area contributed by atoms with Crippen LogP contribution >= 0.6 is 0 Å². The van der Waals surface area contributed by atoms with Crippen molar-refractivity contribution >= 4 is 5.69 Å². The van der Waals surface area contributed by atoms with Crippen molar-refractivity contribution in [1.82, 2.24) is 0 Å². The number of fused-ring (bicyclic) bond motifs is 1. The van der Waals surface area contributed by atoms with Crippen LogP contribution < -0.4 is 10.1 Å². The first kappa shape index (κ1) is 12.1. The number of rotatable bonds is 2. The van der Waals surface area contributed by atoms with Crippen molar-refractivity contribution in [1.29, 1.82) is 0 Å². The molecule has 0 bridgehead atoms. The molecule has 0 aliphatic carbocycles. The van der Waals surface area contributed by atoms with Crippen LogP contribution in [0.4, 0.5) is 5.69 Å². The Kier molecular flexibility index (Phi) is 2.94. The van der Waals surface area contributed by atoms with E-state index < -0.39 is 0 Å². The van der Waals surface area contributed by atoms with Crippen molar-refractivity contribution in [2.24, 2.45) is 0 Å². The fourth-order valence-electron chi connectivity index (χ4n) is 2.93. The Morgan fingerprint density at radius 2 is 2.00 bits per heavy atom. The summed E-state index contributed by atoms with van der Waals surface area (Å²) in [7, 11) is 1.71. The van der Waals surface area contributed by atoms with Crippen LogP contribution in [-0.2, 0) is 6.42 Å². The fourth-order valence-corrected chi connectivity index (χ4v) is 2.93. The standard InChI is InChI=1S/C17H19NO/c1-11-7-12(2)17-14(8-11)10-16(18-17)13-5-4-6-15(9-13)19-3/h4-9,16,18H,10H2,1-3H3. The lowest BCUT2D eigenvalue weighted by molar-refractivity contribution is 0.414. The van der Waals surface area contributed by atoms with Gasteiger partial charge in [-0.05, 0) is 49.1 Å². The molecule has 3 rings (SSSR count). The Morgan fingerprint density at radius 3 is 2.79 bits per heavy atom. The molecule has 2 nitrogen and oxygen atoms in total. The van der Waals surface area contributed by atoms with Gasteiger partial charge in [0.15, 0.2) is 0 Å². The Labute approximate surface area is 114 Å². The molecule has 19 heavy (non-hydrogen) atoms. The SMILES string of the molecule is COc1cccc(C2Cc3cc(C)cc(C)c3N2)c1. The minimum atomic E-state index is 0.352. The largest absolute Gasteiger partial charge is 0.497 e. The zero-order valence-corrected chi connectivity index (χ0v) is 11.7. The molecule has 0 fully saturated rings. The number of methoxy groups -OCH3 is 1.